The molecule has 0 radical (unpaired) electrons. The number of nitrogens with one attached hydrogen (secondary N) is 2. The van der Waals surface area contributed by atoms with E-state index < -0.39 is 0 Å². The second-order valence-electron chi connectivity index (χ2n) is 6.01. The minimum Gasteiger partial charge on any atom is -0.489 e. The molecule has 4 rings (SSSR count). The van der Waals surface area contributed by atoms with Crippen molar-refractivity contribution in [3.05, 3.63) is 88.4 Å². The summed E-state index contributed by atoms with van der Waals surface area (Å²) in [5.41, 5.74) is 2.48. The molecule has 0 aliphatic carbocycles. The molecule has 134 valence electrons. The van der Waals surface area contributed by atoms with Crippen LogP contribution in [0, 0.1) is 0 Å². The van der Waals surface area contributed by atoms with E-state index in [0.717, 1.165) is 20.9 Å². The summed E-state index contributed by atoms with van der Waals surface area (Å²) in [4.78, 5) is 12.5. The molecule has 1 amide bonds. The van der Waals surface area contributed by atoms with Crippen molar-refractivity contribution >= 4 is 38.6 Å². The number of amides is 1. The number of anilines is 1. The molecule has 2 N–H and O–H groups in total. The highest BCUT2D eigenvalue weighted by Gasteiger charge is 2.12. The Bertz CT molecular complexity index is 1080. The number of ether oxygens (including phenoxy) is 1. The van der Waals surface area contributed by atoms with E-state index in [0.29, 0.717) is 23.7 Å². The maximum absolute atomic E-state index is 12.5. The molecule has 1 aromatic heterocycles. The largest absolute Gasteiger partial charge is 0.489 e. The second kappa shape index (κ2) is 7.63. The highest BCUT2D eigenvalue weighted by atomic mass is 79.9. The van der Waals surface area contributed by atoms with Gasteiger partial charge in [-0.15, -0.1) is 0 Å². The number of H-pyrrole nitrogens is 1. The predicted molar refractivity (Wildman–Crippen MR) is 109 cm³/mol. The van der Waals surface area contributed by atoms with Crippen LogP contribution in [0.2, 0.25) is 0 Å². The summed E-state index contributed by atoms with van der Waals surface area (Å²) in [6.07, 6.45) is 0. The molecule has 0 saturated heterocycles. The van der Waals surface area contributed by atoms with Gasteiger partial charge in [-0.25, -0.2) is 0 Å². The average molecular weight is 422 g/mol. The van der Waals surface area contributed by atoms with Gasteiger partial charge in [-0.05, 0) is 48.0 Å². The fourth-order valence-electron chi connectivity index (χ4n) is 2.70. The van der Waals surface area contributed by atoms with Gasteiger partial charge >= 0.3 is 0 Å². The van der Waals surface area contributed by atoms with Crippen LogP contribution in [0.1, 0.15) is 15.9 Å². The van der Waals surface area contributed by atoms with Crippen LogP contribution in [-0.2, 0) is 6.61 Å². The number of hydrogen-bond donors (Lipinski definition) is 2. The Balaban J connectivity index is 1.53. The lowest BCUT2D eigenvalue weighted by molar-refractivity contribution is 0.102. The Morgan fingerprint density at radius 3 is 2.59 bits per heavy atom. The smallest absolute Gasteiger partial charge is 0.256 e. The van der Waals surface area contributed by atoms with Gasteiger partial charge in [0.05, 0.1) is 5.52 Å². The van der Waals surface area contributed by atoms with Crippen molar-refractivity contribution in [2.75, 3.05) is 5.32 Å². The van der Waals surface area contributed by atoms with Crippen LogP contribution in [0.4, 0.5) is 5.82 Å². The number of carbonyl (C=O) groups excluding carboxylic acids is 1. The number of benzene rings is 3. The van der Waals surface area contributed by atoms with Gasteiger partial charge in [-0.1, -0.05) is 46.3 Å². The highest BCUT2D eigenvalue weighted by Crippen LogP contribution is 2.26. The molecule has 0 aliphatic heterocycles. The molecule has 0 bridgehead atoms. The van der Waals surface area contributed by atoms with Gasteiger partial charge < -0.3 is 10.1 Å². The van der Waals surface area contributed by atoms with Crippen LogP contribution in [0.3, 0.4) is 0 Å². The van der Waals surface area contributed by atoms with E-state index in [1.807, 2.05) is 60.7 Å². The third-order valence-electron chi connectivity index (χ3n) is 4.12. The molecular weight excluding hydrogens is 406 g/mol. The van der Waals surface area contributed by atoms with Crippen molar-refractivity contribution < 1.29 is 9.53 Å². The molecule has 0 fully saturated rings. The van der Waals surface area contributed by atoms with Gasteiger partial charge in [0.25, 0.3) is 5.91 Å². The van der Waals surface area contributed by atoms with Crippen LogP contribution in [0.15, 0.2) is 77.3 Å². The quantitative estimate of drug-likeness (QED) is 0.467. The molecule has 0 unspecified atom stereocenters. The summed E-state index contributed by atoms with van der Waals surface area (Å²) >= 11 is 3.36. The normalized spacial score (nSPS) is 10.7. The lowest BCUT2D eigenvalue weighted by atomic mass is 10.2. The standard InChI is InChI=1S/C21H16BrN3O2/c22-16-8-6-15(7-9-16)21(26)23-20-18-12-17(10-11-19(18)24-25-20)27-13-14-4-2-1-3-5-14/h1-12H,13H2,(H2,23,24,25,26). The summed E-state index contributed by atoms with van der Waals surface area (Å²) in [5.74, 6) is 0.974. The Kier molecular flexibility index (Phi) is 4.89. The third-order valence-corrected chi connectivity index (χ3v) is 4.65. The van der Waals surface area contributed by atoms with Crippen molar-refractivity contribution in [2.24, 2.45) is 0 Å². The van der Waals surface area contributed by atoms with Gasteiger partial charge in [0.1, 0.15) is 12.4 Å². The van der Waals surface area contributed by atoms with E-state index in [1.54, 1.807) is 12.1 Å². The number of aromatic nitrogens is 2. The fourth-order valence-corrected chi connectivity index (χ4v) is 2.96. The molecule has 0 saturated carbocycles. The Hall–Kier alpha value is -3.12. The fraction of sp³-hybridized carbons (Fsp3) is 0.0476. The van der Waals surface area contributed by atoms with E-state index in [-0.39, 0.29) is 5.91 Å². The number of fused-ring (bicyclic) bond motifs is 1. The summed E-state index contributed by atoms with van der Waals surface area (Å²) < 4.78 is 6.79. The first-order valence-electron chi connectivity index (χ1n) is 8.41. The van der Waals surface area contributed by atoms with Crippen molar-refractivity contribution in [3.8, 4) is 5.75 Å². The minimum atomic E-state index is -0.216. The van der Waals surface area contributed by atoms with Crippen LogP contribution >= 0.6 is 15.9 Å². The summed E-state index contributed by atoms with van der Waals surface area (Å²) in [6.45, 7) is 0.477. The number of carbonyl (C=O) groups is 1. The Morgan fingerprint density at radius 1 is 1.04 bits per heavy atom. The van der Waals surface area contributed by atoms with Gasteiger partial charge in [-0.3, -0.25) is 9.89 Å². The first-order chi connectivity index (χ1) is 13.2. The van der Waals surface area contributed by atoms with Crippen LogP contribution in [0.5, 0.6) is 5.75 Å². The Morgan fingerprint density at radius 2 is 1.81 bits per heavy atom. The number of hydrogen-bond acceptors (Lipinski definition) is 3. The zero-order valence-corrected chi connectivity index (χ0v) is 15.9. The van der Waals surface area contributed by atoms with Crippen molar-refractivity contribution in [1.29, 1.82) is 0 Å². The zero-order chi connectivity index (χ0) is 18.6. The summed E-state index contributed by atoms with van der Waals surface area (Å²) in [6, 6.07) is 22.8. The van der Waals surface area contributed by atoms with Gasteiger partial charge in [0.2, 0.25) is 0 Å². The van der Waals surface area contributed by atoms with Crippen LogP contribution in [-0.4, -0.2) is 16.1 Å². The van der Waals surface area contributed by atoms with E-state index >= 15 is 0 Å². The van der Waals surface area contributed by atoms with Crippen LogP contribution < -0.4 is 10.1 Å². The van der Waals surface area contributed by atoms with Gasteiger partial charge in [0.15, 0.2) is 5.82 Å². The van der Waals surface area contributed by atoms with E-state index in [2.05, 4.69) is 31.4 Å². The first-order valence-corrected chi connectivity index (χ1v) is 9.20. The maximum Gasteiger partial charge on any atom is 0.256 e. The van der Waals surface area contributed by atoms with Crippen molar-refractivity contribution in [3.63, 3.8) is 0 Å². The molecule has 0 aliphatic rings. The van der Waals surface area contributed by atoms with Gasteiger partial charge in [-0.2, -0.15) is 5.10 Å². The SMILES string of the molecule is O=C(Nc1n[nH]c2ccc(OCc3ccccc3)cc12)c1ccc(Br)cc1. The zero-order valence-electron chi connectivity index (χ0n) is 14.3. The molecule has 4 aromatic rings. The average Bonchev–Trinajstić information content (AvgIpc) is 3.10. The topological polar surface area (TPSA) is 67.0 Å². The molecule has 0 atom stereocenters. The number of aromatic amines is 1. The monoisotopic (exact) mass is 421 g/mol. The van der Waals surface area contributed by atoms with E-state index in [1.165, 1.54) is 0 Å². The highest BCUT2D eigenvalue weighted by molar-refractivity contribution is 9.10. The van der Waals surface area contributed by atoms with Gasteiger partial charge in [0, 0.05) is 15.4 Å². The maximum atomic E-state index is 12.5. The number of rotatable bonds is 5. The molecule has 3 aromatic carbocycles. The lowest BCUT2D eigenvalue weighted by Gasteiger charge is -2.07. The minimum absolute atomic E-state index is 0.216. The molecule has 5 nitrogen and oxygen atoms in total. The second-order valence-corrected chi connectivity index (χ2v) is 6.93. The van der Waals surface area contributed by atoms with Crippen molar-refractivity contribution in [1.82, 2.24) is 10.2 Å². The van der Waals surface area contributed by atoms with E-state index in [9.17, 15) is 4.79 Å². The third kappa shape index (κ3) is 4.01. The molecule has 1 heterocycles. The Labute approximate surface area is 164 Å². The van der Waals surface area contributed by atoms with Crippen LogP contribution in [0.25, 0.3) is 10.9 Å². The lowest BCUT2D eigenvalue weighted by Crippen LogP contribution is -2.12. The number of halogens is 1. The molecular formula is C21H16BrN3O2. The molecule has 0 spiro atoms. The predicted octanol–water partition coefficient (Wildman–Crippen LogP) is 5.16. The molecule has 27 heavy (non-hydrogen) atoms. The molecule has 6 heteroatoms. The van der Waals surface area contributed by atoms with E-state index in [4.69, 9.17) is 4.74 Å². The summed E-state index contributed by atoms with van der Waals surface area (Å²) in [5, 5.41) is 10.8. The van der Waals surface area contributed by atoms with Crippen molar-refractivity contribution in [2.45, 2.75) is 6.61 Å². The number of nitrogens with zero attached hydrogens (tertiary/aromatic N) is 1. The first kappa shape index (κ1) is 17.3. The summed E-state index contributed by atoms with van der Waals surface area (Å²) in [7, 11) is 0.